The monoisotopic (exact) mass is 676 g/mol. The highest BCUT2D eigenvalue weighted by Crippen LogP contribution is 2.21. The van der Waals surface area contributed by atoms with E-state index in [2.05, 4.69) is 26.6 Å². The van der Waals surface area contributed by atoms with Crippen LogP contribution >= 0.6 is 0 Å². The summed E-state index contributed by atoms with van der Waals surface area (Å²) in [5, 5.41) is 23.6. The fourth-order valence-electron chi connectivity index (χ4n) is 6.15. The first-order valence-electron chi connectivity index (χ1n) is 17.0. The minimum atomic E-state index is -1.18. The lowest BCUT2D eigenvalue weighted by Crippen LogP contribution is -2.62. The number of nitrogens with zero attached hydrogens (tertiary/aromatic N) is 1. The standard InChI is InChI=1S/C36H48N6O7/c1-5-22(4)31-35(48)41-30(21(2)3)34(47)38-26(18-24-13-15-25(43)16-14-24)32(45)39-27(19-23-10-7-6-8-11-23)36(49)42-17-9-12-28(42)33(46)37-20-29(44)40-31/h6-8,10-11,13-16,21-22,26-28,30-31,43H,5,9,12,17-20H2,1-4H3,(H,37,46)(H,38,47)(H,39,45)(H,40,44)(H,41,48)/t22-,26+,27-,28+,30+,31+/m1/s1. The van der Waals surface area contributed by atoms with Crippen molar-refractivity contribution < 1.29 is 33.9 Å². The molecular formula is C36H48N6O7. The summed E-state index contributed by atoms with van der Waals surface area (Å²) in [7, 11) is 0. The van der Waals surface area contributed by atoms with Crippen molar-refractivity contribution in [3.63, 3.8) is 0 Å². The molecule has 0 saturated carbocycles. The molecule has 49 heavy (non-hydrogen) atoms. The SMILES string of the molecule is CC[C@@H](C)[C@@H]1NC(=O)CNC(=O)[C@@H]2CCCN2C(=O)[C@@H](Cc2ccccc2)NC(=O)[C@H](Cc2ccc(O)cc2)NC(=O)[C@H](C(C)C)NC1=O. The van der Waals surface area contributed by atoms with E-state index in [9.17, 15) is 33.9 Å². The van der Waals surface area contributed by atoms with Crippen LogP contribution in [0.3, 0.4) is 0 Å². The molecule has 0 aromatic heterocycles. The first kappa shape index (κ1) is 36.9. The van der Waals surface area contributed by atoms with Gasteiger partial charge in [-0.15, -0.1) is 0 Å². The summed E-state index contributed by atoms with van der Waals surface area (Å²) in [5.41, 5.74) is 1.41. The van der Waals surface area contributed by atoms with Crippen LogP contribution in [0.5, 0.6) is 5.75 Å². The molecule has 0 radical (unpaired) electrons. The third kappa shape index (κ3) is 9.80. The Hall–Kier alpha value is -4.94. The predicted molar refractivity (Wildman–Crippen MR) is 182 cm³/mol. The van der Waals surface area contributed by atoms with Crippen molar-refractivity contribution in [1.29, 1.82) is 0 Å². The van der Waals surface area contributed by atoms with Crippen molar-refractivity contribution in [3.05, 3.63) is 65.7 Å². The maximum absolute atomic E-state index is 14.2. The van der Waals surface area contributed by atoms with Gasteiger partial charge < -0.3 is 36.6 Å². The van der Waals surface area contributed by atoms with Gasteiger partial charge in [-0.25, -0.2) is 0 Å². The molecule has 0 bridgehead atoms. The number of hydrogen-bond donors (Lipinski definition) is 6. The Morgan fingerprint density at radius 1 is 0.735 bits per heavy atom. The smallest absolute Gasteiger partial charge is 0.246 e. The molecule has 4 rings (SSSR count). The fourth-order valence-corrected chi connectivity index (χ4v) is 6.15. The number of aromatic hydroxyl groups is 1. The Morgan fingerprint density at radius 2 is 1.35 bits per heavy atom. The minimum Gasteiger partial charge on any atom is -0.508 e. The van der Waals surface area contributed by atoms with Gasteiger partial charge in [-0.2, -0.15) is 0 Å². The molecule has 13 nitrogen and oxygen atoms in total. The van der Waals surface area contributed by atoms with Gasteiger partial charge >= 0.3 is 0 Å². The van der Waals surface area contributed by atoms with E-state index < -0.39 is 78.1 Å². The van der Waals surface area contributed by atoms with Crippen molar-refractivity contribution >= 4 is 35.4 Å². The molecule has 6 atom stereocenters. The highest BCUT2D eigenvalue weighted by Gasteiger charge is 2.39. The molecule has 6 amide bonds. The van der Waals surface area contributed by atoms with Crippen LogP contribution in [-0.4, -0.2) is 88.7 Å². The lowest BCUT2D eigenvalue weighted by atomic mass is 9.96. The van der Waals surface area contributed by atoms with Crippen LogP contribution in [0.15, 0.2) is 54.6 Å². The van der Waals surface area contributed by atoms with Gasteiger partial charge in [0.05, 0.1) is 6.54 Å². The molecule has 2 aliphatic rings. The van der Waals surface area contributed by atoms with Crippen LogP contribution in [0.4, 0.5) is 0 Å². The molecule has 0 unspecified atom stereocenters. The second kappa shape index (κ2) is 16.9. The number of amides is 6. The first-order chi connectivity index (χ1) is 23.4. The summed E-state index contributed by atoms with van der Waals surface area (Å²) in [5.74, 6) is -4.04. The number of nitrogens with one attached hydrogen (secondary N) is 5. The Balaban J connectivity index is 1.74. The molecule has 0 aliphatic carbocycles. The highest BCUT2D eigenvalue weighted by atomic mass is 16.3. The quantitative estimate of drug-likeness (QED) is 0.252. The van der Waals surface area contributed by atoms with Gasteiger partial charge in [0.15, 0.2) is 0 Å². The summed E-state index contributed by atoms with van der Waals surface area (Å²) >= 11 is 0. The maximum Gasteiger partial charge on any atom is 0.246 e. The van der Waals surface area contributed by atoms with E-state index in [0.717, 1.165) is 5.56 Å². The summed E-state index contributed by atoms with van der Waals surface area (Å²) in [6, 6.07) is 10.1. The van der Waals surface area contributed by atoms with E-state index >= 15 is 0 Å². The second-order valence-electron chi connectivity index (χ2n) is 13.3. The molecule has 2 fully saturated rings. The van der Waals surface area contributed by atoms with Gasteiger partial charge in [-0.3, -0.25) is 28.8 Å². The van der Waals surface area contributed by atoms with Crippen LogP contribution in [0.2, 0.25) is 0 Å². The number of phenols is 1. The van der Waals surface area contributed by atoms with Crippen molar-refractivity contribution in [2.75, 3.05) is 13.1 Å². The van der Waals surface area contributed by atoms with Gasteiger partial charge in [0.1, 0.15) is 36.0 Å². The molecule has 2 saturated heterocycles. The lowest BCUT2D eigenvalue weighted by Gasteiger charge is -2.31. The van der Waals surface area contributed by atoms with E-state index in [1.807, 2.05) is 37.3 Å². The van der Waals surface area contributed by atoms with E-state index in [1.165, 1.54) is 17.0 Å². The summed E-state index contributed by atoms with van der Waals surface area (Å²) in [6.45, 7) is 7.04. The van der Waals surface area contributed by atoms with Crippen LogP contribution in [0.25, 0.3) is 0 Å². The van der Waals surface area contributed by atoms with Gasteiger partial charge in [0, 0.05) is 19.4 Å². The zero-order valence-electron chi connectivity index (χ0n) is 28.5. The van der Waals surface area contributed by atoms with E-state index in [4.69, 9.17) is 0 Å². The largest absolute Gasteiger partial charge is 0.508 e. The predicted octanol–water partition coefficient (Wildman–Crippen LogP) is 0.940. The molecule has 13 heteroatoms. The van der Waals surface area contributed by atoms with Gasteiger partial charge in [0.25, 0.3) is 0 Å². The van der Waals surface area contributed by atoms with E-state index in [-0.39, 0.29) is 31.1 Å². The normalized spacial score (nSPS) is 25.2. The number of carbonyl (C=O) groups is 6. The number of rotatable bonds is 7. The van der Waals surface area contributed by atoms with E-state index in [0.29, 0.717) is 24.8 Å². The van der Waals surface area contributed by atoms with Gasteiger partial charge in [-0.1, -0.05) is 76.6 Å². The number of carbonyl (C=O) groups excluding carboxylic acids is 6. The van der Waals surface area contributed by atoms with Gasteiger partial charge in [-0.05, 0) is 47.9 Å². The van der Waals surface area contributed by atoms with Crippen molar-refractivity contribution in [1.82, 2.24) is 31.5 Å². The third-order valence-corrected chi connectivity index (χ3v) is 9.23. The second-order valence-corrected chi connectivity index (χ2v) is 13.3. The van der Waals surface area contributed by atoms with Gasteiger partial charge in [0.2, 0.25) is 35.4 Å². The van der Waals surface area contributed by atoms with Crippen LogP contribution in [0.1, 0.15) is 58.1 Å². The maximum atomic E-state index is 14.2. The number of fused-ring (bicyclic) bond motifs is 1. The van der Waals surface area contributed by atoms with Crippen molar-refractivity contribution in [2.45, 2.75) is 90.0 Å². The minimum absolute atomic E-state index is 0.0170. The molecule has 264 valence electrons. The molecular weight excluding hydrogens is 628 g/mol. The Bertz CT molecular complexity index is 1500. The van der Waals surface area contributed by atoms with Crippen molar-refractivity contribution in [2.24, 2.45) is 11.8 Å². The Labute approximate surface area is 287 Å². The summed E-state index contributed by atoms with van der Waals surface area (Å²) < 4.78 is 0. The topological polar surface area (TPSA) is 186 Å². The first-order valence-corrected chi connectivity index (χ1v) is 17.0. The summed E-state index contributed by atoms with van der Waals surface area (Å²) in [4.78, 5) is 83.6. The molecule has 2 heterocycles. The Kier molecular flexibility index (Phi) is 12.8. The van der Waals surface area contributed by atoms with E-state index in [1.54, 1.807) is 32.9 Å². The number of phenolic OH excluding ortho intramolecular Hbond substituents is 1. The molecule has 2 aromatic rings. The zero-order valence-corrected chi connectivity index (χ0v) is 28.5. The van der Waals surface area contributed by atoms with Crippen molar-refractivity contribution in [3.8, 4) is 5.75 Å². The fraction of sp³-hybridized carbons (Fsp3) is 0.500. The average molecular weight is 677 g/mol. The third-order valence-electron chi connectivity index (χ3n) is 9.23. The molecule has 2 aliphatic heterocycles. The Morgan fingerprint density at radius 3 is 2.00 bits per heavy atom. The van der Waals surface area contributed by atoms with Crippen LogP contribution in [0, 0.1) is 11.8 Å². The highest BCUT2D eigenvalue weighted by molar-refractivity contribution is 5.98. The molecule has 0 spiro atoms. The number of hydrogen-bond acceptors (Lipinski definition) is 7. The zero-order chi connectivity index (χ0) is 35.7. The molecule has 6 N–H and O–H groups in total. The van der Waals surface area contributed by atoms with Crippen LogP contribution < -0.4 is 26.6 Å². The number of benzene rings is 2. The summed E-state index contributed by atoms with van der Waals surface area (Å²) in [6.07, 6.45) is 1.61. The molecule has 2 aromatic carbocycles. The van der Waals surface area contributed by atoms with Crippen LogP contribution in [-0.2, 0) is 41.6 Å². The average Bonchev–Trinajstić information content (AvgIpc) is 3.58. The lowest BCUT2D eigenvalue weighted by molar-refractivity contribution is -0.142.